The van der Waals surface area contributed by atoms with Crippen molar-refractivity contribution in [3.63, 3.8) is 0 Å². The highest BCUT2D eigenvalue weighted by molar-refractivity contribution is 5.82. The third-order valence-electron chi connectivity index (χ3n) is 4.18. The van der Waals surface area contributed by atoms with E-state index in [2.05, 4.69) is 42.8 Å². The van der Waals surface area contributed by atoms with Gasteiger partial charge in [0, 0.05) is 24.4 Å². The van der Waals surface area contributed by atoms with Crippen LogP contribution in [0, 0.1) is 11.8 Å². The van der Waals surface area contributed by atoms with Crippen LogP contribution in [0.15, 0.2) is 24.3 Å². The summed E-state index contributed by atoms with van der Waals surface area (Å²) < 4.78 is 2.08. The molecular formula is C15H21N3. The van der Waals surface area contributed by atoms with Crippen molar-refractivity contribution in [3.8, 4) is 0 Å². The zero-order chi connectivity index (χ0) is 12.7. The first-order valence-corrected chi connectivity index (χ1v) is 6.90. The van der Waals surface area contributed by atoms with E-state index in [1.165, 1.54) is 23.0 Å². The lowest BCUT2D eigenvalue weighted by Gasteiger charge is -2.08. The van der Waals surface area contributed by atoms with Gasteiger partial charge in [0.25, 0.3) is 0 Å². The van der Waals surface area contributed by atoms with Crippen molar-refractivity contribution < 1.29 is 0 Å². The van der Waals surface area contributed by atoms with Gasteiger partial charge in [-0.1, -0.05) is 25.1 Å². The van der Waals surface area contributed by atoms with Crippen LogP contribution in [0.1, 0.15) is 26.0 Å². The van der Waals surface area contributed by atoms with E-state index in [4.69, 9.17) is 10.8 Å². The van der Waals surface area contributed by atoms with Gasteiger partial charge in [0.2, 0.25) is 0 Å². The Hall–Kier alpha value is -1.35. The maximum atomic E-state index is 6.29. The molecule has 0 amide bonds. The highest BCUT2D eigenvalue weighted by atomic mass is 15.3. The molecule has 0 bridgehead atoms. The Morgan fingerprint density at radius 2 is 2.17 bits per heavy atom. The normalized spacial score (nSPS) is 24.4. The molecule has 0 saturated heterocycles. The van der Waals surface area contributed by atoms with E-state index in [-0.39, 0.29) is 6.04 Å². The van der Waals surface area contributed by atoms with E-state index in [1.807, 2.05) is 0 Å². The first-order valence-electron chi connectivity index (χ1n) is 6.90. The van der Waals surface area contributed by atoms with Crippen LogP contribution in [0.5, 0.6) is 0 Å². The van der Waals surface area contributed by atoms with Crippen molar-refractivity contribution in [2.75, 3.05) is 0 Å². The molecule has 3 unspecified atom stereocenters. The summed E-state index contributed by atoms with van der Waals surface area (Å²) in [4.78, 5) is 0. The molecule has 0 spiro atoms. The average molecular weight is 243 g/mol. The Balaban J connectivity index is 1.91. The van der Waals surface area contributed by atoms with Crippen LogP contribution in [0.3, 0.4) is 0 Å². The highest BCUT2D eigenvalue weighted by Crippen LogP contribution is 2.40. The summed E-state index contributed by atoms with van der Waals surface area (Å²) in [5.74, 6) is 1.51. The lowest BCUT2D eigenvalue weighted by molar-refractivity contribution is 0.547. The molecule has 1 aromatic heterocycles. The van der Waals surface area contributed by atoms with Gasteiger partial charge in [0.05, 0.1) is 11.2 Å². The van der Waals surface area contributed by atoms with E-state index in [0.717, 1.165) is 18.9 Å². The van der Waals surface area contributed by atoms with Gasteiger partial charge in [-0.25, -0.2) is 0 Å². The second kappa shape index (κ2) is 4.39. The number of aryl methyl sites for hydroxylation is 1. The number of rotatable bonds is 4. The van der Waals surface area contributed by atoms with Crippen LogP contribution >= 0.6 is 0 Å². The molecule has 1 fully saturated rings. The standard InChI is InChI=1S/C15H21N3/c1-3-18-15-7-5-4-6-11(15)14(17-18)9-13(16)12-8-10(12)2/h4-7,10,12-13H,3,8-9,16H2,1-2H3. The molecule has 0 aliphatic heterocycles. The smallest absolute Gasteiger partial charge is 0.0718 e. The molecule has 1 saturated carbocycles. The first kappa shape index (κ1) is 11.7. The summed E-state index contributed by atoms with van der Waals surface area (Å²) in [5.41, 5.74) is 8.69. The number of hydrogen-bond donors (Lipinski definition) is 1. The molecule has 2 N–H and O–H groups in total. The van der Waals surface area contributed by atoms with Crippen molar-refractivity contribution in [1.29, 1.82) is 0 Å². The van der Waals surface area contributed by atoms with Gasteiger partial charge in [-0.2, -0.15) is 5.10 Å². The second-order valence-corrected chi connectivity index (χ2v) is 5.52. The zero-order valence-electron chi connectivity index (χ0n) is 11.1. The van der Waals surface area contributed by atoms with Crippen molar-refractivity contribution >= 4 is 10.9 Å². The molecule has 96 valence electrons. The van der Waals surface area contributed by atoms with Gasteiger partial charge in [-0.05, 0) is 31.2 Å². The summed E-state index contributed by atoms with van der Waals surface area (Å²) in [6, 6.07) is 8.72. The SMILES string of the molecule is CCn1nc(CC(N)C2CC2C)c2ccccc21. The molecule has 1 aliphatic carbocycles. The predicted molar refractivity (Wildman–Crippen MR) is 74.4 cm³/mol. The van der Waals surface area contributed by atoms with Crippen molar-refractivity contribution in [2.24, 2.45) is 17.6 Å². The number of para-hydroxylation sites is 1. The Morgan fingerprint density at radius 1 is 1.44 bits per heavy atom. The maximum Gasteiger partial charge on any atom is 0.0718 e. The average Bonchev–Trinajstić information content (AvgIpc) is 3.01. The van der Waals surface area contributed by atoms with Gasteiger partial charge in [0.1, 0.15) is 0 Å². The van der Waals surface area contributed by atoms with E-state index >= 15 is 0 Å². The van der Waals surface area contributed by atoms with Gasteiger partial charge >= 0.3 is 0 Å². The summed E-state index contributed by atoms with van der Waals surface area (Å²) in [6.07, 6.45) is 2.19. The molecule has 0 radical (unpaired) electrons. The summed E-state index contributed by atoms with van der Waals surface area (Å²) >= 11 is 0. The fraction of sp³-hybridized carbons (Fsp3) is 0.533. The predicted octanol–water partition coefficient (Wildman–Crippen LogP) is 2.58. The summed E-state index contributed by atoms with van der Waals surface area (Å²) in [5, 5.41) is 5.99. The van der Waals surface area contributed by atoms with Crippen molar-refractivity contribution in [3.05, 3.63) is 30.0 Å². The largest absolute Gasteiger partial charge is 0.327 e. The molecule has 3 atom stereocenters. The first-order chi connectivity index (χ1) is 8.70. The third kappa shape index (κ3) is 1.93. The number of nitrogens with two attached hydrogens (primary N) is 1. The molecule has 3 nitrogen and oxygen atoms in total. The van der Waals surface area contributed by atoms with Gasteiger partial charge in [-0.3, -0.25) is 4.68 Å². The number of hydrogen-bond acceptors (Lipinski definition) is 2. The lowest BCUT2D eigenvalue weighted by atomic mass is 10.0. The Bertz CT molecular complexity index is 558. The van der Waals surface area contributed by atoms with Crippen LogP contribution in [0.2, 0.25) is 0 Å². The van der Waals surface area contributed by atoms with Crippen LogP contribution in [0.4, 0.5) is 0 Å². The quantitative estimate of drug-likeness (QED) is 0.897. The molecule has 3 heteroatoms. The molecular weight excluding hydrogens is 222 g/mol. The summed E-state index contributed by atoms with van der Waals surface area (Å²) in [6.45, 7) is 5.33. The maximum absolute atomic E-state index is 6.29. The van der Waals surface area contributed by atoms with E-state index in [9.17, 15) is 0 Å². The topological polar surface area (TPSA) is 43.8 Å². The molecule has 18 heavy (non-hydrogen) atoms. The van der Waals surface area contributed by atoms with E-state index < -0.39 is 0 Å². The minimum absolute atomic E-state index is 0.267. The fourth-order valence-corrected chi connectivity index (χ4v) is 2.91. The van der Waals surface area contributed by atoms with Crippen LogP contribution in [-0.2, 0) is 13.0 Å². The van der Waals surface area contributed by atoms with Crippen molar-refractivity contribution in [1.82, 2.24) is 9.78 Å². The lowest BCUT2D eigenvalue weighted by Crippen LogP contribution is -2.26. The third-order valence-corrected chi connectivity index (χ3v) is 4.18. The van der Waals surface area contributed by atoms with Crippen LogP contribution in [0.25, 0.3) is 10.9 Å². The second-order valence-electron chi connectivity index (χ2n) is 5.52. The zero-order valence-corrected chi connectivity index (χ0v) is 11.1. The van der Waals surface area contributed by atoms with E-state index in [1.54, 1.807) is 0 Å². The monoisotopic (exact) mass is 243 g/mol. The van der Waals surface area contributed by atoms with E-state index in [0.29, 0.717) is 5.92 Å². The number of benzene rings is 1. The van der Waals surface area contributed by atoms with Crippen LogP contribution < -0.4 is 5.73 Å². The highest BCUT2D eigenvalue weighted by Gasteiger charge is 2.37. The Labute approximate surface area is 108 Å². The molecule has 1 aliphatic rings. The molecule has 1 aromatic carbocycles. The molecule has 2 aromatic rings. The summed E-state index contributed by atoms with van der Waals surface area (Å²) in [7, 11) is 0. The van der Waals surface area contributed by atoms with Gasteiger partial charge in [-0.15, -0.1) is 0 Å². The number of fused-ring (bicyclic) bond motifs is 1. The Morgan fingerprint density at radius 3 is 2.83 bits per heavy atom. The fourth-order valence-electron chi connectivity index (χ4n) is 2.91. The molecule has 1 heterocycles. The minimum atomic E-state index is 0.267. The van der Waals surface area contributed by atoms with Crippen molar-refractivity contribution in [2.45, 2.75) is 39.3 Å². The van der Waals surface area contributed by atoms with Gasteiger partial charge in [0.15, 0.2) is 0 Å². The number of nitrogens with zero attached hydrogens (tertiary/aromatic N) is 2. The molecule has 3 rings (SSSR count). The van der Waals surface area contributed by atoms with Crippen LogP contribution in [-0.4, -0.2) is 15.8 Å². The van der Waals surface area contributed by atoms with Gasteiger partial charge < -0.3 is 5.73 Å². The number of aromatic nitrogens is 2. The Kier molecular flexibility index (Phi) is 2.86. The minimum Gasteiger partial charge on any atom is -0.327 e.